The molecule has 1 saturated heterocycles. The van der Waals surface area contributed by atoms with Gasteiger partial charge in [-0.1, -0.05) is 35.9 Å². The average Bonchev–Trinajstić information content (AvgIpc) is 2.93. The number of hydrogen-bond donors (Lipinski definition) is 3. The molecule has 0 amide bonds. The lowest BCUT2D eigenvalue weighted by molar-refractivity contribution is -0.152. The van der Waals surface area contributed by atoms with Crippen LogP contribution in [-0.4, -0.2) is 57.2 Å². The third-order valence-corrected chi connectivity index (χ3v) is 5.38. The summed E-state index contributed by atoms with van der Waals surface area (Å²) in [6, 6.07) is 3.62. The lowest BCUT2D eigenvalue weighted by Crippen LogP contribution is -2.35. The van der Waals surface area contributed by atoms with Crippen LogP contribution in [0.1, 0.15) is 61.2 Å². The largest absolute Gasteiger partial charge is 0.478 e. The van der Waals surface area contributed by atoms with E-state index in [1.54, 1.807) is 39.0 Å². The molecule has 1 fully saturated rings. The summed E-state index contributed by atoms with van der Waals surface area (Å²) in [5.74, 6) is -1.93. The van der Waals surface area contributed by atoms with Crippen molar-refractivity contribution >= 4 is 12.0 Å². The zero-order valence-corrected chi connectivity index (χ0v) is 18.9. The van der Waals surface area contributed by atoms with Crippen molar-refractivity contribution in [1.29, 1.82) is 0 Å². The number of rotatable bonds is 8. The number of carboxylic acids is 1. The third kappa shape index (κ3) is 6.46. The molecule has 7 heteroatoms. The Kier molecular flexibility index (Phi) is 7.81. The van der Waals surface area contributed by atoms with Gasteiger partial charge < -0.3 is 24.8 Å². The van der Waals surface area contributed by atoms with E-state index in [2.05, 4.69) is 0 Å². The van der Waals surface area contributed by atoms with Crippen LogP contribution in [0.15, 0.2) is 30.4 Å². The summed E-state index contributed by atoms with van der Waals surface area (Å²) in [5, 5.41) is 29.6. The van der Waals surface area contributed by atoms with Crippen LogP contribution < -0.4 is 0 Å². The number of carboxylic acid groups (broad SMARTS) is 1. The van der Waals surface area contributed by atoms with Crippen LogP contribution in [0.25, 0.3) is 6.08 Å². The van der Waals surface area contributed by atoms with Crippen LogP contribution >= 0.6 is 0 Å². The van der Waals surface area contributed by atoms with Crippen molar-refractivity contribution in [3.8, 4) is 0 Å². The summed E-state index contributed by atoms with van der Waals surface area (Å²) in [6.45, 7) is 9.66. The first-order valence-electron chi connectivity index (χ1n) is 10.3. The molecule has 0 aliphatic carbocycles. The summed E-state index contributed by atoms with van der Waals surface area (Å²) >= 11 is 0. The van der Waals surface area contributed by atoms with Gasteiger partial charge in [0.25, 0.3) is 0 Å². The molecule has 31 heavy (non-hydrogen) atoms. The average molecular weight is 437 g/mol. The Bertz CT molecular complexity index is 856. The Morgan fingerprint density at radius 1 is 1.29 bits per heavy atom. The molecule has 5 unspecified atom stereocenters. The van der Waals surface area contributed by atoms with Crippen molar-refractivity contribution in [1.82, 2.24) is 0 Å². The SMILES string of the molecule is Cc1cc(C)c(C(=O)O)c(/C=C/CC2OC(C)(C)OC2C(O)/C=C\C(C)(F)C(C)O)c1. The van der Waals surface area contributed by atoms with E-state index < -0.39 is 41.8 Å². The van der Waals surface area contributed by atoms with E-state index in [1.807, 2.05) is 13.0 Å². The molecule has 0 bridgehead atoms. The van der Waals surface area contributed by atoms with Crippen LogP contribution in [0.2, 0.25) is 0 Å². The molecular formula is C24H33FO6. The fraction of sp³-hybridized carbons (Fsp3) is 0.542. The molecule has 2 rings (SSSR count). The molecular weight excluding hydrogens is 403 g/mol. The molecule has 172 valence electrons. The molecule has 1 aliphatic heterocycles. The monoisotopic (exact) mass is 436 g/mol. The van der Waals surface area contributed by atoms with Crippen molar-refractivity contribution in [3.63, 3.8) is 0 Å². The highest BCUT2D eigenvalue weighted by atomic mass is 19.1. The topological polar surface area (TPSA) is 96.2 Å². The van der Waals surface area contributed by atoms with Gasteiger partial charge >= 0.3 is 5.97 Å². The van der Waals surface area contributed by atoms with Crippen molar-refractivity contribution < 1.29 is 34.0 Å². The lowest BCUT2D eigenvalue weighted by atomic mass is 9.97. The second kappa shape index (κ2) is 9.61. The van der Waals surface area contributed by atoms with Crippen molar-refractivity contribution in [2.75, 3.05) is 0 Å². The van der Waals surface area contributed by atoms with Gasteiger partial charge in [-0.05, 0) is 65.2 Å². The second-order valence-electron chi connectivity index (χ2n) is 8.80. The minimum Gasteiger partial charge on any atom is -0.478 e. The molecule has 1 aliphatic rings. The summed E-state index contributed by atoms with van der Waals surface area (Å²) in [7, 11) is 0. The van der Waals surface area contributed by atoms with E-state index in [9.17, 15) is 24.5 Å². The number of aromatic carboxylic acids is 1. The lowest BCUT2D eigenvalue weighted by Gasteiger charge is -2.22. The Morgan fingerprint density at radius 2 is 1.94 bits per heavy atom. The van der Waals surface area contributed by atoms with Crippen LogP contribution in [-0.2, 0) is 9.47 Å². The number of carbonyl (C=O) groups is 1. The van der Waals surface area contributed by atoms with E-state index in [0.29, 0.717) is 17.5 Å². The van der Waals surface area contributed by atoms with Gasteiger partial charge in [0.2, 0.25) is 0 Å². The minimum absolute atomic E-state index is 0.241. The minimum atomic E-state index is -1.98. The molecule has 6 nitrogen and oxygen atoms in total. The van der Waals surface area contributed by atoms with E-state index in [0.717, 1.165) is 11.6 Å². The zero-order chi connectivity index (χ0) is 23.6. The van der Waals surface area contributed by atoms with Gasteiger partial charge in [0.1, 0.15) is 12.2 Å². The number of hydrogen-bond acceptors (Lipinski definition) is 5. The molecule has 0 spiro atoms. The summed E-state index contributed by atoms with van der Waals surface area (Å²) < 4.78 is 26.0. The normalized spacial score (nSPS) is 25.1. The van der Waals surface area contributed by atoms with Gasteiger partial charge in [0.05, 0.1) is 17.8 Å². The maximum Gasteiger partial charge on any atom is 0.336 e. The summed E-state index contributed by atoms with van der Waals surface area (Å²) in [4.78, 5) is 11.6. The molecule has 3 N–H and O–H groups in total. The van der Waals surface area contributed by atoms with Gasteiger partial charge in [0, 0.05) is 0 Å². The van der Waals surface area contributed by atoms with Crippen LogP contribution in [0.5, 0.6) is 0 Å². The maximum atomic E-state index is 14.3. The molecule has 0 radical (unpaired) electrons. The first-order chi connectivity index (χ1) is 14.2. The van der Waals surface area contributed by atoms with E-state index >= 15 is 0 Å². The summed E-state index contributed by atoms with van der Waals surface area (Å²) in [6.07, 6.45) is 2.61. The van der Waals surface area contributed by atoms with E-state index in [-0.39, 0.29) is 5.56 Å². The fourth-order valence-electron chi connectivity index (χ4n) is 3.62. The molecule has 0 saturated carbocycles. The number of aliphatic hydroxyl groups excluding tert-OH is 2. The van der Waals surface area contributed by atoms with Gasteiger partial charge in [-0.25, -0.2) is 9.18 Å². The Labute approximate surface area is 183 Å². The molecule has 1 aromatic rings. The van der Waals surface area contributed by atoms with Crippen molar-refractivity contribution in [2.24, 2.45) is 0 Å². The Morgan fingerprint density at radius 3 is 2.52 bits per heavy atom. The number of halogens is 1. The first-order valence-corrected chi connectivity index (χ1v) is 10.3. The number of alkyl halides is 1. The number of ether oxygens (including phenoxy) is 2. The smallest absolute Gasteiger partial charge is 0.336 e. The van der Waals surface area contributed by atoms with Gasteiger partial charge in [-0.15, -0.1) is 0 Å². The maximum absolute atomic E-state index is 14.3. The standard InChI is InChI=1S/C24H33FO6/c1-14-12-15(2)20(22(28)29)17(13-14)8-7-9-19-21(31-23(4,5)30-19)18(27)10-11-24(6,25)16(3)26/h7-8,10-13,16,18-19,21,26-27H,9H2,1-6H3,(H,28,29)/b8-7+,11-10-. The highest BCUT2D eigenvalue weighted by Crippen LogP contribution is 2.33. The second-order valence-corrected chi connectivity index (χ2v) is 8.80. The number of aryl methyl sites for hydroxylation is 2. The third-order valence-electron chi connectivity index (χ3n) is 5.38. The number of benzene rings is 1. The van der Waals surface area contributed by atoms with Crippen LogP contribution in [0.3, 0.4) is 0 Å². The van der Waals surface area contributed by atoms with E-state index in [1.165, 1.54) is 19.9 Å². The molecule has 1 heterocycles. The molecule has 0 aromatic heterocycles. The molecule has 5 atom stereocenters. The Hall–Kier alpha value is -2.06. The Balaban J connectivity index is 2.20. The summed E-state index contributed by atoms with van der Waals surface area (Å²) in [5.41, 5.74) is 0.479. The van der Waals surface area contributed by atoms with Crippen LogP contribution in [0.4, 0.5) is 4.39 Å². The highest BCUT2D eigenvalue weighted by molar-refractivity contribution is 5.94. The van der Waals surface area contributed by atoms with E-state index in [4.69, 9.17) is 9.47 Å². The predicted octanol–water partition coefficient (Wildman–Crippen LogP) is 3.95. The zero-order valence-electron chi connectivity index (χ0n) is 18.9. The van der Waals surface area contributed by atoms with Gasteiger partial charge in [-0.3, -0.25) is 0 Å². The first kappa shape index (κ1) is 25.2. The van der Waals surface area contributed by atoms with Crippen molar-refractivity contribution in [3.05, 3.63) is 52.6 Å². The number of aliphatic hydroxyl groups is 2. The van der Waals surface area contributed by atoms with Gasteiger partial charge in [0.15, 0.2) is 11.5 Å². The van der Waals surface area contributed by atoms with Crippen LogP contribution in [0, 0.1) is 13.8 Å². The quantitative estimate of drug-likeness (QED) is 0.534. The predicted molar refractivity (Wildman–Crippen MR) is 117 cm³/mol. The van der Waals surface area contributed by atoms with Crippen molar-refractivity contribution in [2.45, 2.75) is 83.8 Å². The van der Waals surface area contributed by atoms with Gasteiger partial charge in [-0.2, -0.15) is 0 Å². The molecule has 1 aromatic carbocycles. The highest BCUT2D eigenvalue weighted by Gasteiger charge is 2.43. The fourth-order valence-corrected chi connectivity index (χ4v) is 3.62.